The molecule has 5 rings (SSSR count). The fraction of sp³-hybridized carbons (Fsp3) is 0.222. The summed E-state index contributed by atoms with van der Waals surface area (Å²) < 4.78 is 37.0. The van der Waals surface area contributed by atoms with Crippen LogP contribution in [-0.2, 0) is 19.6 Å². The van der Waals surface area contributed by atoms with E-state index in [2.05, 4.69) is 11.5 Å². The third kappa shape index (κ3) is 6.56. The van der Waals surface area contributed by atoms with E-state index in [1.807, 2.05) is 61.6 Å². The van der Waals surface area contributed by atoms with Crippen molar-refractivity contribution < 1.29 is 18.3 Å². The van der Waals surface area contributed by atoms with Crippen molar-refractivity contribution in [2.24, 2.45) is 5.92 Å². The van der Waals surface area contributed by atoms with Crippen molar-refractivity contribution in [3.05, 3.63) is 136 Å². The van der Waals surface area contributed by atoms with Crippen LogP contribution in [0.2, 0.25) is 0 Å². The third-order valence-corrected chi connectivity index (χ3v) is 8.71. The molecule has 0 unspecified atom stereocenters. The Morgan fingerprint density at radius 2 is 1.66 bits per heavy atom. The molecule has 0 saturated heterocycles. The minimum absolute atomic E-state index is 0.00809. The number of halogens is 2. The van der Waals surface area contributed by atoms with E-state index < -0.39 is 17.6 Å². The van der Waals surface area contributed by atoms with Gasteiger partial charge in [0.2, 0.25) is 5.43 Å². The van der Waals surface area contributed by atoms with E-state index in [1.165, 1.54) is 35.7 Å². The Morgan fingerprint density at radius 1 is 0.977 bits per heavy atom. The second-order valence-electron chi connectivity index (χ2n) is 11.1. The van der Waals surface area contributed by atoms with Gasteiger partial charge in [-0.1, -0.05) is 62.9 Å². The molecule has 0 saturated carbocycles. The lowest BCUT2D eigenvalue weighted by atomic mass is 9.99. The summed E-state index contributed by atoms with van der Waals surface area (Å²) in [5.41, 5.74) is 2.23. The zero-order valence-electron chi connectivity index (χ0n) is 25.0. The number of thiophene rings is 1. The van der Waals surface area contributed by atoms with Gasteiger partial charge in [-0.05, 0) is 60.1 Å². The van der Waals surface area contributed by atoms with Gasteiger partial charge in [-0.25, -0.2) is 8.78 Å². The van der Waals surface area contributed by atoms with E-state index in [0.717, 1.165) is 21.6 Å². The summed E-state index contributed by atoms with van der Waals surface area (Å²) in [5, 5.41) is 0.389. The van der Waals surface area contributed by atoms with Crippen molar-refractivity contribution in [1.29, 1.82) is 0 Å². The molecule has 5 aromatic rings. The molecule has 2 aromatic heterocycles. The van der Waals surface area contributed by atoms with Crippen molar-refractivity contribution in [2.45, 2.75) is 33.5 Å². The molecular weight excluding hydrogens is 578 g/mol. The molecule has 0 bridgehead atoms. The number of fused-ring (bicyclic) bond motifs is 1. The normalized spacial score (nSPS) is 11.4. The van der Waals surface area contributed by atoms with E-state index in [4.69, 9.17) is 4.74 Å². The van der Waals surface area contributed by atoms with Gasteiger partial charge in [0.1, 0.15) is 28.8 Å². The van der Waals surface area contributed by atoms with Gasteiger partial charge in [0.05, 0.1) is 17.5 Å². The molecule has 0 radical (unpaired) electrons. The fourth-order valence-corrected chi connectivity index (χ4v) is 6.51. The number of ketones is 1. The van der Waals surface area contributed by atoms with Crippen LogP contribution in [0.4, 0.5) is 8.78 Å². The second-order valence-corrected chi connectivity index (χ2v) is 12.1. The van der Waals surface area contributed by atoms with Gasteiger partial charge in [0.15, 0.2) is 5.78 Å². The first-order chi connectivity index (χ1) is 21.2. The first-order valence-electron chi connectivity index (χ1n) is 14.4. The Balaban J connectivity index is 1.73. The number of hydrogen-bond acceptors (Lipinski definition) is 5. The standard InChI is InChI=1S/C36H34F2N2O3S/c1-5-18-43-26-16-14-25(15-17-26)35-28(20-39(4)19-24-10-7-6-8-11-24)32-34(42)29(33(41)23(2)3)22-40(36(32)44-35)21-27-30(37)12-9-13-31(27)38/h5-17,22-23H,1,18-21H2,2-4H3. The molecule has 0 N–H and O–H groups in total. The minimum Gasteiger partial charge on any atom is -0.490 e. The van der Waals surface area contributed by atoms with E-state index in [1.54, 1.807) is 24.5 Å². The third-order valence-electron chi connectivity index (χ3n) is 7.39. The summed E-state index contributed by atoms with van der Waals surface area (Å²) in [5.74, 6) is -1.47. The van der Waals surface area contributed by atoms with Gasteiger partial charge < -0.3 is 9.30 Å². The molecule has 0 fully saturated rings. The number of benzene rings is 3. The summed E-state index contributed by atoms with van der Waals surface area (Å²) in [4.78, 5) is 31.0. The second kappa shape index (κ2) is 13.5. The number of pyridine rings is 1. The average molecular weight is 613 g/mol. The zero-order chi connectivity index (χ0) is 31.4. The zero-order valence-corrected chi connectivity index (χ0v) is 25.8. The van der Waals surface area contributed by atoms with Crippen LogP contribution in [0, 0.1) is 17.6 Å². The van der Waals surface area contributed by atoms with Gasteiger partial charge in [-0.2, -0.15) is 0 Å². The highest BCUT2D eigenvalue weighted by Gasteiger charge is 2.26. The lowest BCUT2D eigenvalue weighted by molar-refractivity contribution is 0.0937. The predicted octanol–water partition coefficient (Wildman–Crippen LogP) is 8.09. The van der Waals surface area contributed by atoms with E-state index in [0.29, 0.717) is 35.7 Å². The first kappa shape index (κ1) is 31.0. The van der Waals surface area contributed by atoms with Crippen LogP contribution in [0.25, 0.3) is 20.7 Å². The van der Waals surface area contributed by atoms with Gasteiger partial charge in [0.25, 0.3) is 0 Å². The maximum Gasteiger partial charge on any atom is 0.201 e. The molecule has 3 aromatic carbocycles. The Hall–Kier alpha value is -4.40. The highest BCUT2D eigenvalue weighted by atomic mass is 32.1. The fourth-order valence-electron chi connectivity index (χ4n) is 5.22. The van der Waals surface area contributed by atoms with Crippen LogP contribution < -0.4 is 10.2 Å². The lowest BCUT2D eigenvalue weighted by Crippen LogP contribution is -2.24. The highest BCUT2D eigenvalue weighted by Crippen LogP contribution is 2.39. The molecule has 0 spiro atoms. The number of ether oxygens (including phenoxy) is 1. The van der Waals surface area contributed by atoms with Gasteiger partial charge in [-0.15, -0.1) is 11.3 Å². The molecule has 0 aliphatic carbocycles. The topological polar surface area (TPSA) is 51.5 Å². The molecule has 0 aliphatic rings. The van der Waals surface area contributed by atoms with E-state index in [-0.39, 0.29) is 28.9 Å². The van der Waals surface area contributed by atoms with Crippen molar-refractivity contribution >= 4 is 27.3 Å². The number of carbonyl (C=O) groups excluding carboxylic acids is 1. The Labute approximate surface area is 259 Å². The molecule has 8 heteroatoms. The SMILES string of the molecule is C=CCOc1ccc(-c2sc3c(c2CN(C)Cc2ccccc2)c(=O)c(C(=O)C(C)C)cn3Cc2c(F)cccc2F)cc1. The molecular formula is C36H34F2N2O3S. The van der Waals surface area contributed by atoms with Crippen molar-refractivity contribution in [3.63, 3.8) is 0 Å². The predicted molar refractivity (Wildman–Crippen MR) is 173 cm³/mol. The largest absolute Gasteiger partial charge is 0.490 e. The molecule has 44 heavy (non-hydrogen) atoms. The minimum atomic E-state index is -0.691. The maximum absolute atomic E-state index is 14.9. The molecule has 0 amide bonds. The van der Waals surface area contributed by atoms with E-state index >= 15 is 0 Å². The van der Waals surface area contributed by atoms with Crippen LogP contribution in [0.3, 0.4) is 0 Å². The number of Topliss-reactive ketones (excluding diaryl/α,β-unsaturated/α-hetero) is 1. The Bertz CT molecular complexity index is 1840. The summed E-state index contributed by atoms with van der Waals surface area (Å²) in [6, 6.07) is 21.3. The number of hydrogen-bond donors (Lipinski definition) is 0. The quantitative estimate of drug-likeness (QED) is 0.106. The maximum atomic E-state index is 14.9. The number of aromatic nitrogens is 1. The molecule has 0 aliphatic heterocycles. The molecule has 5 nitrogen and oxygen atoms in total. The highest BCUT2D eigenvalue weighted by molar-refractivity contribution is 7.22. The summed E-state index contributed by atoms with van der Waals surface area (Å²) in [6.45, 7) is 8.38. The smallest absolute Gasteiger partial charge is 0.201 e. The number of carbonyl (C=O) groups is 1. The van der Waals surface area contributed by atoms with Gasteiger partial charge in [0, 0.05) is 35.6 Å². The number of nitrogens with zero attached hydrogens (tertiary/aromatic N) is 2. The van der Waals surface area contributed by atoms with Gasteiger partial charge >= 0.3 is 0 Å². The summed E-state index contributed by atoms with van der Waals surface area (Å²) >= 11 is 1.37. The average Bonchev–Trinajstić information content (AvgIpc) is 3.39. The van der Waals surface area contributed by atoms with E-state index in [9.17, 15) is 18.4 Å². The van der Waals surface area contributed by atoms with Crippen molar-refractivity contribution in [3.8, 4) is 16.2 Å². The molecule has 2 heterocycles. The van der Waals surface area contributed by atoms with Gasteiger partial charge in [-0.3, -0.25) is 14.5 Å². The van der Waals surface area contributed by atoms with Crippen LogP contribution in [0.15, 0.2) is 96.4 Å². The lowest BCUT2D eigenvalue weighted by Gasteiger charge is -2.18. The first-order valence-corrected chi connectivity index (χ1v) is 15.2. The molecule has 226 valence electrons. The van der Waals surface area contributed by atoms with Crippen LogP contribution in [0.1, 0.15) is 40.9 Å². The Kier molecular flexibility index (Phi) is 9.52. The summed E-state index contributed by atoms with van der Waals surface area (Å²) in [7, 11) is 1.98. The van der Waals surface area contributed by atoms with Crippen molar-refractivity contribution in [2.75, 3.05) is 13.7 Å². The molecule has 0 atom stereocenters. The van der Waals surface area contributed by atoms with Crippen LogP contribution >= 0.6 is 11.3 Å². The van der Waals surface area contributed by atoms with Crippen LogP contribution in [-0.4, -0.2) is 28.9 Å². The summed E-state index contributed by atoms with van der Waals surface area (Å²) in [6.07, 6.45) is 3.13. The van der Waals surface area contributed by atoms with Crippen molar-refractivity contribution in [1.82, 2.24) is 9.47 Å². The monoisotopic (exact) mass is 612 g/mol. The number of rotatable bonds is 12. The Morgan fingerprint density at radius 3 is 2.30 bits per heavy atom. The van der Waals surface area contributed by atoms with Crippen LogP contribution in [0.5, 0.6) is 5.75 Å².